The summed E-state index contributed by atoms with van der Waals surface area (Å²) in [5.74, 6) is 0.407. The highest BCUT2D eigenvalue weighted by Gasteiger charge is 2.45. The van der Waals surface area contributed by atoms with Crippen molar-refractivity contribution in [3.05, 3.63) is 59.4 Å². The molecule has 3 aromatic carbocycles. The second-order valence-corrected chi connectivity index (χ2v) is 12.5. The predicted octanol–water partition coefficient (Wildman–Crippen LogP) is 6.19. The van der Waals surface area contributed by atoms with Crippen LogP contribution in [0.1, 0.15) is 38.5 Å². The summed E-state index contributed by atoms with van der Waals surface area (Å²) in [6.07, 6.45) is 6.98. The van der Waals surface area contributed by atoms with Gasteiger partial charge in [0.05, 0.1) is 5.54 Å². The fraction of sp³-hybridized carbons (Fsp3) is 0.438. The van der Waals surface area contributed by atoms with Gasteiger partial charge in [-0.15, -0.1) is 0 Å². The third-order valence-corrected chi connectivity index (χ3v) is 10.0. The Bertz CT molecular complexity index is 1600. The Morgan fingerprint density at radius 2 is 1.70 bits per heavy atom. The Hall–Kier alpha value is -3.00. The third kappa shape index (κ3) is 3.97. The first-order chi connectivity index (χ1) is 19.6. The van der Waals surface area contributed by atoms with Gasteiger partial charge in [-0.3, -0.25) is 4.90 Å². The van der Waals surface area contributed by atoms with Crippen molar-refractivity contribution in [3.63, 3.8) is 0 Å². The maximum absolute atomic E-state index is 16.6. The van der Waals surface area contributed by atoms with Crippen LogP contribution in [-0.2, 0) is 0 Å². The summed E-state index contributed by atoms with van der Waals surface area (Å²) in [4.78, 5) is 14.6. The van der Waals surface area contributed by atoms with E-state index < -0.39 is 0 Å². The number of fused-ring (bicyclic) bond motifs is 5. The molecule has 0 saturated carbocycles. The van der Waals surface area contributed by atoms with E-state index in [0.29, 0.717) is 34.8 Å². The van der Waals surface area contributed by atoms with E-state index in [-0.39, 0.29) is 17.4 Å². The molecule has 0 amide bonds. The highest BCUT2D eigenvalue weighted by Crippen LogP contribution is 2.41. The van der Waals surface area contributed by atoms with Crippen molar-refractivity contribution in [1.29, 1.82) is 0 Å². The quantitative estimate of drug-likeness (QED) is 0.316. The van der Waals surface area contributed by atoms with Gasteiger partial charge in [0.1, 0.15) is 17.9 Å². The molecule has 8 rings (SSSR count). The molecule has 5 heterocycles. The zero-order valence-corrected chi connectivity index (χ0v) is 23.3. The standard InChI is InChI=1S/C32H33ClFN5O/c33-26-8-2-6-20-5-1-7-23(27(20)26)24-11-12-25-29(28(24)34)36-31(40-19-32-13-3-15-39(32)16-4-14-32)37-30(25)38-17-21-9-10-22(18-38)35-21/h1-2,5-8,11-12,21-22,35H,3-4,9-10,13-19H2. The summed E-state index contributed by atoms with van der Waals surface area (Å²) in [6.45, 7) is 4.50. The first-order valence-electron chi connectivity index (χ1n) is 14.6. The monoisotopic (exact) mass is 557 g/mol. The van der Waals surface area contributed by atoms with Crippen molar-refractivity contribution < 1.29 is 9.13 Å². The molecule has 8 heteroatoms. The lowest BCUT2D eigenvalue weighted by molar-refractivity contribution is 0.108. The molecule has 2 bridgehead atoms. The lowest BCUT2D eigenvalue weighted by atomic mass is 9.95. The molecular weight excluding hydrogens is 525 g/mol. The highest BCUT2D eigenvalue weighted by molar-refractivity contribution is 6.36. The summed E-state index contributed by atoms with van der Waals surface area (Å²) >= 11 is 6.63. The maximum Gasteiger partial charge on any atom is 0.319 e. The molecule has 6 nitrogen and oxygen atoms in total. The summed E-state index contributed by atoms with van der Waals surface area (Å²) in [7, 11) is 0. The molecule has 0 spiro atoms. The normalized spacial score (nSPS) is 23.8. The molecule has 4 saturated heterocycles. The first-order valence-corrected chi connectivity index (χ1v) is 15.0. The zero-order chi connectivity index (χ0) is 26.8. The van der Waals surface area contributed by atoms with Crippen molar-refractivity contribution >= 4 is 39.1 Å². The Labute approximate surface area is 238 Å². The van der Waals surface area contributed by atoms with E-state index >= 15 is 4.39 Å². The predicted molar refractivity (Wildman–Crippen MR) is 158 cm³/mol. The number of aromatic nitrogens is 2. The number of ether oxygens (including phenoxy) is 1. The van der Waals surface area contributed by atoms with Crippen LogP contribution in [-0.4, -0.2) is 65.3 Å². The minimum atomic E-state index is -0.363. The molecule has 40 heavy (non-hydrogen) atoms. The summed E-state index contributed by atoms with van der Waals surface area (Å²) in [6, 6.07) is 16.6. The second kappa shape index (κ2) is 9.54. The van der Waals surface area contributed by atoms with E-state index in [1.165, 1.54) is 12.8 Å². The highest BCUT2D eigenvalue weighted by atomic mass is 35.5. The molecule has 0 radical (unpaired) electrons. The van der Waals surface area contributed by atoms with Crippen LogP contribution in [0.4, 0.5) is 10.2 Å². The van der Waals surface area contributed by atoms with Crippen molar-refractivity contribution in [3.8, 4) is 17.1 Å². The Balaban J connectivity index is 1.25. The molecular formula is C32H33ClFN5O. The van der Waals surface area contributed by atoms with Gasteiger partial charge in [-0.2, -0.15) is 9.97 Å². The van der Waals surface area contributed by atoms with E-state index in [0.717, 1.165) is 79.4 Å². The summed E-state index contributed by atoms with van der Waals surface area (Å²) < 4.78 is 23.0. The molecule has 4 aliphatic rings. The largest absolute Gasteiger partial charge is 0.461 e. The molecule has 4 aromatic rings. The molecule has 2 atom stereocenters. The second-order valence-electron chi connectivity index (χ2n) is 12.0. The fourth-order valence-corrected chi connectivity index (χ4v) is 8.07. The molecule has 1 N–H and O–H groups in total. The van der Waals surface area contributed by atoms with Gasteiger partial charge < -0.3 is 15.0 Å². The van der Waals surface area contributed by atoms with Gasteiger partial charge in [0.15, 0.2) is 5.82 Å². The average Bonchev–Trinajstić information content (AvgIpc) is 3.65. The van der Waals surface area contributed by atoms with Crippen LogP contribution >= 0.6 is 11.6 Å². The van der Waals surface area contributed by atoms with E-state index in [2.05, 4.69) is 15.1 Å². The van der Waals surface area contributed by atoms with Crippen LogP contribution in [0.5, 0.6) is 6.01 Å². The molecule has 0 aliphatic carbocycles. The van der Waals surface area contributed by atoms with Gasteiger partial charge in [0.2, 0.25) is 0 Å². The van der Waals surface area contributed by atoms with Gasteiger partial charge in [-0.05, 0) is 74.7 Å². The number of hydrogen-bond acceptors (Lipinski definition) is 6. The lowest BCUT2D eigenvalue weighted by Crippen LogP contribution is -2.51. The smallest absolute Gasteiger partial charge is 0.319 e. The van der Waals surface area contributed by atoms with Gasteiger partial charge >= 0.3 is 6.01 Å². The van der Waals surface area contributed by atoms with Crippen molar-refractivity contribution in [1.82, 2.24) is 20.2 Å². The van der Waals surface area contributed by atoms with Crippen LogP contribution in [0, 0.1) is 5.82 Å². The van der Waals surface area contributed by atoms with E-state index in [4.69, 9.17) is 26.3 Å². The van der Waals surface area contributed by atoms with Crippen LogP contribution in [0.25, 0.3) is 32.8 Å². The number of anilines is 1. The van der Waals surface area contributed by atoms with Crippen LogP contribution in [0.2, 0.25) is 5.02 Å². The van der Waals surface area contributed by atoms with E-state index in [1.807, 2.05) is 48.5 Å². The zero-order valence-electron chi connectivity index (χ0n) is 22.5. The fourth-order valence-electron chi connectivity index (χ4n) is 7.79. The van der Waals surface area contributed by atoms with Crippen molar-refractivity contribution in [2.24, 2.45) is 0 Å². The minimum Gasteiger partial charge on any atom is -0.461 e. The molecule has 1 aromatic heterocycles. The number of nitrogens with zero attached hydrogens (tertiary/aromatic N) is 4. The molecule has 206 valence electrons. The molecule has 4 fully saturated rings. The third-order valence-electron chi connectivity index (χ3n) is 9.71. The number of hydrogen-bond donors (Lipinski definition) is 1. The number of halogens is 2. The molecule has 2 unspecified atom stereocenters. The first kappa shape index (κ1) is 24.8. The number of rotatable bonds is 5. The maximum atomic E-state index is 16.6. The number of piperazine rings is 1. The topological polar surface area (TPSA) is 53.5 Å². The Morgan fingerprint density at radius 1 is 0.950 bits per heavy atom. The number of nitrogens with one attached hydrogen (secondary N) is 1. The summed E-state index contributed by atoms with van der Waals surface area (Å²) in [5, 5.41) is 6.85. The molecule has 4 aliphatic heterocycles. The van der Waals surface area contributed by atoms with Gasteiger partial charge in [0.25, 0.3) is 0 Å². The number of benzene rings is 3. The van der Waals surface area contributed by atoms with Crippen LogP contribution in [0.3, 0.4) is 0 Å². The van der Waals surface area contributed by atoms with Crippen LogP contribution < -0.4 is 15.0 Å². The van der Waals surface area contributed by atoms with Gasteiger partial charge in [-0.25, -0.2) is 4.39 Å². The lowest BCUT2D eigenvalue weighted by Gasteiger charge is -2.34. The Kier molecular flexibility index (Phi) is 5.91. The van der Waals surface area contributed by atoms with Gasteiger partial charge in [-0.1, -0.05) is 48.0 Å². The SMILES string of the molecule is Fc1c(-c2cccc3cccc(Cl)c23)ccc2c(N3CC4CCC(C3)N4)nc(OCC34CCCN3CCC4)nc12. The Morgan fingerprint density at radius 3 is 2.48 bits per heavy atom. The summed E-state index contributed by atoms with van der Waals surface area (Å²) in [5.41, 5.74) is 1.61. The van der Waals surface area contributed by atoms with E-state index in [9.17, 15) is 0 Å². The average molecular weight is 558 g/mol. The van der Waals surface area contributed by atoms with E-state index in [1.54, 1.807) is 0 Å². The van der Waals surface area contributed by atoms with Crippen molar-refractivity contribution in [2.75, 3.05) is 37.7 Å². The van der Waals surface area contributed by atoms with Gasteiger partial charge in [0, 0.05) is 46.5 Å². The van der Waals surface area contributed by atoms with Crippen molar-refractivity contribution in [2.45, 2.75) is 56.1 Å². The van der Waals surface area contributed by atoms with Crippen LogP contribution in [0.15, 0.2) is 48.5 Å². The minimum absolute atomic E-state index is 0.0622.